The number of aryl methyl sites for hydroxylation is 1. The van der Waals surface area contributed by atoms with Gasteiger partial charge in [0.1, 0.15) is 0 Å². The Kier molecular flexibility index (Phi) is 3.57. The number of hydrogen-bond acceptors (Lipinski definition) is 3. The molecule has 0 amide bonds. The second kappa shape index (κ2) is 4.59. The van der Waals surface area contributed by atoms with Gasteiger partial charge in [-0.2, -0.15) is 0 Å². The second-order valence-corrected chi connectivity index (χ2v) is 7.22. The summed E-state index contributed by atoms with van der Waals surface area (Å²) in [6.07, 6.45) is 0. The molecule has 1 saturated heterocycles. The molecule has 0 spiro atoms. The Morgan fingerprint density at radius 3 is 1.95 bits per heavy atom. The molecule has 1 aromatic carbocycles. The summed E-state index contributed by atoms with van der Waals surface area (Å²) >= 11 is 0. The van der Waals surface area contributed by atoms with Gasteiger partial charge < -0.3 is 14.4 Å². The molecule has 1 heterocycles. The normalized spacial score (nSPS) is 21.3. The van der Waals surface area contributed by atoms with Gasteiger partial charge in [-0.15, -0.1) is 0 Å². The summed E-state index contributed by atoms with van der Waals surface area (Å²) < 4.78 is 12.1. The summed E-state index contributed by atoms with van der Waals surface area (Å²) in [5.41, 5.74) is 1.47. The van der Waals surface area contributed by atoms with E-state index < -0.39 is 5.60 Å². The smallest absolute Gasteiger partial charge is 0.399 e. The molecule has 0 atom stereocenters. The minimum Gasteiger partial charge on any atom is -0.399 e. The Morgan fingerprint density at radius 1 is 1.05 bits per heavy atom. The van der Waals surface area contributed by atoms with Crippen LogP contribution < -0.4 is 5.46 Å². The Bertz CT molecular complexity index is 499. The van der Waals surface area contributed by atoms with Crippen LogP contribution in [-0.4, -0.2) is 23.4 Å². The van der Waals surface area contributed by atoms with Gasteiger partial charge in [-0.25, -0.2) is 0 Å². The van der Waals surface area contributed by atoms with Crippen LogP contribution in [0.4, 0.5) is 0 Å². The van der Waals surface area contributed by atoms with E-state index >= 15 is 0 Å². The van der Waals surface area contributed by atoms with Crippen LogP contribution in [-0.2, 0) is 14.9 Å². The summed E-state index contributed by atoms with van der Waals surface area (Å²) in [4.78, 5) is 0. The number of benzene rings is 1. The lowest BCUT2D eigenvalue weighted by atomic mass is 9.76. The first-order chi connectivity index (χ1) is 8.94. The first-order valence-electron chi connectivity index (χ1n) is 7.13. The largest absolute Gasteiger partial charge is 0.494 e. The summed E-state index contributed by atoms with van der Waals surface area (Å²) in [6, 6.07) is 5.97. The molecule has 1 fully saturated rings. The molecule has 1 N–H and O–H groups in total. The molecule has 1 aromatic rings. The first kappa shape index (κ1) is 15.6. The molecular formula is C16H25BO3. The zero-order valence-electron chi connectivity index (χ0n) is 13.6. The molecule has 20 heavy (non-hydrogen) atoms. The minimum atomic E-state index is -0.835. The van der Waals surface area contributed by atoms with Crippen molar-refractivity contribution >= 4 is 12.6 Å². The summed E-state index contributed by atoms with van der Waals surface area (Å²) in [7, 11) is -0.352. The molecule has 0 aliphatic carbocycles. The van der Waals surface area contributed by atoms with Gasteiger partial charge in [0.05, 0.1) is 16.8 Å². The minimum absolute atomic E-state index is 0.333. The van der Waals surface area contributed by atoms with Crippen molar-refractivity contribution in [3.8, 4) is 0 Å². The van der Waals surface area contributed by atoms with E-state index in [-0.39, 0.29) is 18.3 Å². The number of rotatable bonds is 2. The predicted octanol–water partition coefficient (Wildman–Crippen LogP) is 2.52. The fraction of sp³-hybridized carbons (Fsp3) is 0.625. The van der Waals surface area contributed by atoms with Gasteiger partial charge in [-0.05, 0) is 65.1 Å². The lowest BCUT2D eigenvalue weighted by Crippen LogP contribution is -2.41. The Morgan fingerprint density at radius 2 is 1.55 bits per heavy atom. The van der Waals surface area contributed by atoms with E-state index in [9.17, 15) is 5.11 Å². The average molecular weight is 276 g/mol. The highest BCUT2D eigenvalue weighted by Gasteiger charge is 2.51. The molecule has 1 aliphatic rings. The van der Waals surface area contributed by atoms with Crippen molar-refractivity contribution in [2.45, 2.75) is 65.3 Å². The fourth-order valence-corrected chi connectivity index (χ4v) is 2.50. The van der Waals surface area contributed by atoms with Crippen molar-refractivity contribution < 1.29 is 14.4 Å². The molecule has 0 aromatic heterocycles. The van der Waals surface area contributed by atoms with Crippen LogP contribution in [0.25, 0.3) is 0 Å². The average Bonchev–Trinajstić information content (AvgIpc) is 2.46. The summed E-state index contributed by atoms with van der Waals surface area (Å²) in [5.74, 6) is 0. The van der Waals surface area contributed by atoms with Crippen LogP contribution in [0.5, 0.6) is 0 Å². The first-order valence-corrected chi connectivity index (χ1v) is 7.13. The Balaban J connectivity index is 2.31. The standard InChI is InChI=1S/C16H25BO3/c1-11-10-12(8-9-13(11)14(2,3)18)17-19-15(4,5)16(6,7)20-17/h8-10,18H,1-7H3. The molecule has 1 aliphatic heterocycles. The molecule has 4 heteroatoms. The van der Waals surface area contributed by atoms with Gasteiger partial charge in [0.2, 0.25) is 0 Å². The maximum absolute atomic E-state index is 10.1. The van der Waals surface area contributed by atoms with Crippen molar-refractivity contribution in [3.63, 3.8) is 0 Å². The van der Waals surface area contributed by atoms with Crippen LogP contribution >= 0.6 is 0 Å². The van der Waals surface area contributed by atoms with Gasteiger partial charge in [0, 0.05) is 0 Å². The van der Waals surface area contributed by atoms with Crippen LogP contribution in [0.2, 0.25) is 0 Å². The van der Waals surface area contributed by atoms with E-state index in [0.29, 0.717) is 0 Å². The molecular weight excluding hydrogens is 251 g/mol. The van der Waals surface area contributed by atoms with Gasteiger partial charge in [-0.3, -0.25) is 0 Å². The van der Waals surface area contributed by atoms with E-state index in [4.69, 9.17) is 9.31 Å². The summed E-state index contributed by atoms with van der Waals surface area (Å²) in [6.45, 7) is 13.8. The van der Waals surface area contributed by atoms with Crippen molar-refractivity contribution in [1.29, 1.82) is 0 Å². The van der Waals surface area contributed by atoms with Crippen molar-refractivity contribution in [3.05, 3.63) is 29.3 Å². The highest BCUT2D eigenvalue weighted by atomic mass is 16.7. The lowest BCUT2D eigenvalue weighted by molar-refractivity contribution is 0.00578. The van der Waals surface area contributed by atoms with Gasteiger partial charge in [-0.1, -0.05) is 18.2 Å². The Labute approximate surface area is 122 Å². The second-order valence-electron chi connectivity index (χ2n) is 7.22. The molecule has 3 nitrogen and oxygen atoms in total. The lowest BCUT2D eigenvalue weighted by Gasteiger charge is -2.32. The van der Waals surface area contributed by atoms with Crippen LogP contribution in [0, 0.1) is 6.92 Å². The summed E-state index contributed by atoms with van der Waals surface area (Å²) in [5, 5.41) is 10.1. The predicted molar refractivity (Wildman–Crippen MR) is 82.1 cm³/mol. The van der Waals surface area contributed by atoms with E-state index in [1.807, 2.05) is 52.8 Å². The van der Waals surface area contributed by atoms with Crippen LogP contribution in [0.3, 0.4) is 0 Å². The number of hydrogen-bond donors (Lipinski definition) is 1. The maximum atomic E-state index is 10.1. The zero-order valence-corrected chi connectivity index (χ0v) is 13.6. The van der Waals surface area contributed by atoms with Gasteiger partial charge >= 0.3 is 7.12 Å². The highest BCUT2D eigenvalue weighted by Crippen LogP contribution is 2.36. The van der Waals surface area contributed by atoms with Gasteiger partial charge in [0.25, 0.3) is 0 Å². The SMILES string of the molecule is Cc1cc(B2OC(C)(C)C(C)(C)O2)ccc1C(C)(C)O. The van der Waals surface area contributed by atoms with Crippen LogP contribution in [0.1, 0.15) is 52.7 Å². The Hall–Kier alpha value is -0.835. The fourth-order valence-electron chi connectivity index (χ4n) is 2.50. The zero-order chi connectivity index (χ0) is 15.3. The van der Waals surface area contributed by atoms with Crippen molar-refractivity contribution in [1.82, 2.24) is 0 Å². The molecule has 0 saturated carbocycles. The number of aliphatic hydroxyl groups is 1. The van der Waals surface area contributed by atoms with Crippen molar-refractivity contribution in [2.75, 3.05) is 0 Å². The monoisotopic (exact) mass is 276 g/mol. The van der Waals surface area contributed by atoms with E-state index in [1.54, 1.807) is 13.8 Å². The van der Waals surface area contributed by atoms with E-state index in [2.05, 4.69) is 0 Å². The third-order valence-corrected chi connectivity index (χ3v) is 4.44. The maximum Gasteiger partial charge on any atom is 0.494 e. The third-order valence-electron chi connectivity index (χ3n) is 4.44. The molecule has 0 radical (unpaired) electrons. The van der Waals surface area contributed by atoms with Crippen LogP contribution in [0.15, 0.2) is 18.2 Å². The van der Waals surface area contributed by atoms with E-state index in [1.165, 1.54) is 0 Å². The highest BCUT2D eigenvalue weighted by molar-refractivity contribution is 6.62. The van der Waals surface area contributed by atoms with Gasteiger partial charge in [0.15, 0.2) is 0 Å². The van der Waals surface area contributed by atoms with E-state index in [0.717, 1.165) is 16.6 Å². The molecule has 0 unspecified atom stereocenters. The quantitative estimate of drug-likeness (QED) is 0.844. The van der Waals surface area contributed by atoms with Crippen molar-refractivity contribution in [2.24, 2.45) is 0 Å². The molecule has 0 bridgehead atoms. The topological polar surface area (TPSA) is 38.7 Å². The third kappa shape index (κ3) is 2.65. The molecule has 2 rings (SSSR count). The molecule has 110 valence electrons.